The zero-order chi connectivity index (χ0) is 13.0. The molecule has 1 aromatic heterocycles. The fourth-order valence-corrected chi connectivity index (χ4v) is 2.36. The van der Waals surface area contributed by atoms with E-state index in [4.69, 9.17) is 5.21 Å². The van der Waals surface area contributed by atoms with Crippen molar-refractivity contribution >= 4 is 18.0 Å². The first-order valence-electron chi connectivity index (χ1n) is 5.14. The molecule has 0 amide bonds. The number of aromatic nitrogens is 2. The third kappa shape index (κ3) is 2.60. The molecule has 17 heavy (non-hydrogen) atoms. The highest BCUT2D eigenvalue weighted by Crippen LogP contribution is 2.18. The van der Waals surface area contributed by atoms with Gasteiger partial charge in [0.05, 0.1) is 16.8 Å². The van der Waals surface area contributed by atoms with Gasteiger partial charge in [0.2, 0.25) is 0 Å². The summed E-state index contributed by atoms with van der Waals surface area (Å²) in [6, 6.07) is 0. The quantitative estimate of drug-likeness (QED) is 0.278. The van der Waals surface area contributed by atoms with Crippen molar-refractivity contribution in [2.45, 2.75) is 18.4 Å². The number of oxime groups is 1. The molecule has 1 N–H and O–H groups in total. The summed E-state index contributed by atoms with van der Waals surface area (Å²) >= 11 is 1.40. The van der Waals surface area contributed by atoms with Gasteiger partial charge in [0, 0.05) is 14.1 Å². The largest absolute Gasteiger partial charge is 0.411 e. The molecule has 0 fully saturated rings. The summed E-state index contributed by atoms with van der Waals surface area (Å²) in [5.74, 6) is 0.784. The Labute approximate surface area is 103 Å². The first-order chi connectivity index (χ1) is 8.04. The third-order valence-corrected chi connectivity index (χ3v) is 3.65. The lowest BCUT2D eigenvalue weighted by Crippen LogP contribution is -2.40. The minimum Gasteiger partial charge on any atom is -0.411 e. The average molecular weight is 257 g/mol. The number of hydrogen-bond donors (Lipinski definition) is 1. The Morgan fingerprint density at radius 3 is 2.53 bits per heavy atom. The Hall–Kier alpha value is -1.50. The molecule has 7 heteroatoms. The van der Waals surface area contributed by atoms with Gasteiger partial charge >= 0.3 is 5.69 Å². The molecule has 0 bridgehead atoms. The normalized spacial score (nSPS) is 11.2. The molecule has 0 radical (unpaired) electrons. The Morgan fingerprint density at radius 1 is 1.35 bits per heavy atom. The summed E-state index contributed by atoms with van der Waals surface area (Å²) in [5, 5.41) is 12.0. The van der Waals surface area contributed by atoms with E-state index in [1.165, 1.54) is 23.4 Å². The zero-order valence-corrected chi connectivity index (χ0v) is 10.8. The lowest BCUT2D eigenvalue weighted by molar-refractivity contribution is 0.321. The molecule has 1 aromatic rings. The van der Waals surface area contributed by atoms with Gasteiger partial charge in [-0.15, -0.1) is 11.8 Å². The average Bonchev–Trinajstić information content (AvgIpc) is 2.33. The van der Waals surface area contributed by atoms with Crippen molar-refractivity contribution in [3.63, 3.8) is 0 Å². The van der Waals surface area contributed by atoms with E-state index in [0.717, 1.165) is 23.0 Å². The molecule has 0 aromatic carbocycles. The number of hydrogen-bond acceptors (Lipinski definition) is 5. The van der Waals surface area contributed by atoms with Crippen LogP contribution in [0.25, 0.3) is 0 Å². The number of nitrogens with zero attached hydrogens (tertiary/aromatic N) is 3. The van der Waals surface area contributed by atoms with Gasteiger partial charge in [0.15, 0.2) is 0 Å². The Balaban J connectivity index is 3.54. The van der Waals surface area contributed by atoms with Crippen molar-refractivity contribution in [3.8, 4) is 0 Å². The van der Waals surface area contributed by atoms with Gasteiger partial charge in [-0.2, -0.15) is 0 Å². The third-order valence-electron chi connectivity index (χ3n) is 2.27. The summed E-state index contributed by atoms with van der Waals surface area (Å²) < 4.78 is 2.38. The molecule has 0 aliphatic rings. The summed E-state index contributed by atoms with van der Waals surface area (Å²) in [6.07, 6.45) is 1.99. The van der Waals surface area contributed by atoms with Crippen LogP contribution in [-0.2, 0) is 14.1 Å². The Morgan fingerprint density at radius 2 is 2.00 bits per heavy atom. The summed E-state index contributed by atoms with van der Waals surface area (Å²) in [6.45, 7) is 2.01. The van der Waals surface area contributed by atoms with Crippen LogP contribution in [0.4, 0.5) is 0 Å². The molecular formula is C10H15N3O3S. The van der Waals surface area contributed by atoms with Crippen molar-refractivity contribution in [2.75, 3.05) is 5.75 Å². The molecule has 0 atom stereocenters. The maximum absolute atomic E-state index is 11.8. The van der Waals surface area contributed by atoms with Gasteiger partial charge in [-0.3, -0.25) is 13.9 Å². The van der Waals surface area contributed by atoms with E-state index in [2.05, 4.69) is 5.16 Å². The lowest BCUT2D eigenvalue weighted by atomic mass is 10.3. The van der Waals surface area contributed by atoms with Crippen molar-refractivity contribution in [2.24, 2.45) is 19.3 Å². The maximum Gasteiger partial charge on any atom is 0.331 e. The molecule has 0 aliphatic carbocycles. The SMILES string of the molecule is CCCSc1c(/C=N/O)c(=O)n(C)c(=O)n1C. The Kier molecular flexibility index (Phi) is 4.56. The maximum atomic E-state index is 11.8. The van der Waals surface area contributed by atoms with Gasteiger partial charge in [-0.25, -0.2) is 4.79 Å². The predicted molar refractivity (Wildman–Crippen MR) is 67.3 cm³/mol. The van der Waals surface area contributed by atoms with Crippen LogP contribution in [0.5, 0.6) is 0 Å². The van der Waals surface area contributed by atoms with E-state index >= 15 is 0 Å². The van der Waals surface area contributed by atoms with Gasteiger partial charge in [-0.05, 0) is 12.2 Å². The van der Waals surface area contributed by atoms with Crippen LogP contribution in [0.2, 0.25) is 0 Å². The summed E-state index contributed by atoms with van der Waals surface area (Å²) in [5.41, 5.74) is -0.608. The zero-order valence-electron chi connectivity index (χ0n) is 10.0. The van der Waals surface area contributed by atoms with E-state index in [9.17, 15) is 9.59 Å². The highest BCUT2D eigenvalue weighted by Gasteiger charge is 2.14. The minimum absolute atomic E-state index is 0.232. The second-order valence-corrected chi connectivity index (χ2v) is 4.60. The molecule has 0 spiro atoms. The standard InChI is InChI=1S/C10H15N3O3S/c1-4-5-17-9-7(6-11-16)8(14)12(2)10(15)13(9)3/h6,16H,4-5H2,1-3H3/b11-6+. The van der Waals surface area contributed by atoms with E-state index in [-0.39, 0.29) is 11.3 Å². The summed E-state index contributed by atoms with van der Waals surface area (Å²) in [4.78, 5) is 23.6. The van der Waals surface area contributed by atoms with E-state index < -0.39 is 5.56 Å². The number of thioether (sulfide) groups is 1. The fourth-order valence-electron chi connectivity index (χ4n) is 1.39. The molecule has 1 rings (SSSR count). The molecule has 0 saturated heterocycles. The van der Waals surface area contributed by atoms with Crippen LogP contribution in [-0.4, -0.2) is 26.3 Å². The first-order valence-corrected chi connectivity index (χ1v) is 6.13. The van der Waals surface area contributed by atoms with E-state index in [1.54, 1.807) is 7.05 Å². The molecule has 0 aliphatic heterocycles. The highest BCUT2D eigenvalue weighted by atomic mass is 32.2. The molecule has 6 nitrogen and oxygen atoms in total. The van der Waals surface area contributed by atoms with Crippen LogP contribution in [0, 0.1) is 0 Å². The molecule has 0 saturated carbocycles. The summed E-state index contributed by atoms with van der Waals surface area (Å²) in [7, 11) is 2.99. The topological polar surface area (TPSA) is 76.6 Å². The molecular weight excluding hydrogens is 242 g/mol. The fraction of sp³-hybridized carbons (Fsp3) is 0.500. The van der Waals surface area contributed by atoms with Crippen molar-refractivity contribution in [1.82, 2.24) is 9.13 Å². The van der Waals surface area contributed by atoms with Gasteiger partial charge in [0.1, 0.15) is 0 Å². The Bertz CT molecular complexity index is 545. The van der Waals surface area contributed by atoms with Crippen LogP contribution in [0.15, 0.2) is 19.8 Å². The smallest absolute Gasteiger partial charge is 0.331 e. The highest BCUT2D eigenvalue weighted by molar-refractivity contribution is 7.99. The molecule has 0 unspecified atom stereocenters. The second-order valence-electron chi connectivity index (χ2n) is 3.52. The number of rotatable bonds is 4. The van der Waals surface area contributed by atoms with Crippen LogP contribution >= 0.6 is 11.8 Å². The predicted octanol–water partition coefficient (Wildman–Crippen LogP) is 0.394. The first kappa shape index (κ1) is 13.6. The minimum atomic E-state index is -0.454. The van der Waals surface area contributed by atoms with Crippen molar-refractivity contribution in [1.29, 1.82) is 0 Å². The van der Waals surface area contributed by atoms with Gasteiger partial charge < -0.3 is 5.21 Å². The van der Waals surface area contributed by atoms with E-state index in [0.29, 0.717) is 5.03 Å². The van der Waals surface area contributed by atoms with Crippen LogP contribution in [0.1, 0.15) is 18.9 Å². The van der Waals surface area contributed by atoms with Crippen molar-refractivity contribution < 1.29 is 5.21 Å². The monoisotopic (exact) mass is 257 g/mol. The van der Waals surface area contributed by atoms with Crippen LogP contribution in [0.3, 0.4) is 0 Å². The molecule has 1 heterocycles. The van der Waals surface area contributed by atoms with Crippen molar-refractivity contribution in [3.05, 3.63) is 26.4 Å². The van der Waals surface area contributed by atoms with Gasteiger partial charge in [-0.1, -0.05) is 12.1 Å². The van der Waals surface area contributed by atoms with Gasteiger partial charge in [0.25, 0.3) is 5.56 Å². The van der Waals surface area contributed by atoms with Crippen LogP contribution < -0.4 is 11.2 Å². The molecule has 94 valence electrons. The second kappa shape index (κ2) is 5.72. The lowest BCUT2D eigenvalue weighted by Gasteiger charge is -2.11. The van der Waals surface area contributed by atoms with E-state index in [1.807, 2.05) is 6.92 Å².